The summed E-state index contributed by atoms with van der Waals surface area (Å²) in [5.74, 6) is 2.14. The Morgan fingerprint density at radius 1 is 0.539 bits per heavy atom. The van der Waals surface area contributed by atoms with Gasteiger partial charge in [-0.15, -0.1) is 48.1 Å². The molecule has 0 saturated carbocycles. The fraction of sp³-hybridized carbons (Fsp3) is 0.143. The van der Waals surface area contributed by atoms with E-state index in [0.29, 0.717) is 28.4 Å². The van der Waals surface area contributed by atoms with E-state index in [1.54, 1.807) is 0 Å². The van der Waals surface area contributed by atoms with Gasteiger partial charge in [0.15, 0.2) is 0 Å². The fourth-order valence-electron chi connectivity index (χ4n) is 13.1. The van der Waals surface area contributed by atoms with Gasteiger partial charge in [-0.05, 0) is 128 Å². The molecule has 5 nitrogen and oxygen atoms in total. The molecule has 18 rings (SSSR count). The Labute approximate surface area is 466 Å². The summed E-state index contributed by atoms with van der Waals surface area (Å²) in [4.78, 5) is 9.53. The number of benzene rings is 9. The molecule has 9 aromatic carbocycles. The molecule has 7 aliphatic rings. The number of fused-ring (bicyclic) bond motifs is 4. The van der Waals surface area contributed by atoms with E-state index in [1.807, 2.05) is 54.7 Å². The molecule has 76 heavy (non-hydrogen) atoms. The molecule has 0 spiro atoms. The van der Waals surface area contributed by atoms with Gasteiger partial charge in [0.2, 0.25) is 0 Å². The monoisotopic (exact) mass is 1170 g/mol. The quantitative estimate of drug-likeness (QED) is 0.155. The molecule has 3 heterocycles. The van der Waals surface area contributed by atoms with E-state index in [9.17, 15) is 0 Å². The second-order valence-electron chi connectivity index (χ2n) is 21.7. The standard InChI is InChI=1S/C70H53N4O.Pt/c1-42-26-29-55-57(34-42)69-66-53-22-11-9-20-51(53)65(52-21-10-12-23-54(52)66)67(55)58-35-43(2)36-63(68(58)69)73-41-72(60-24-13-14-25-61(60)73)47-18-15-19-48(39-47)75-49-28-30-50-56-37-45(44-16-7-6-8-17-44)27-31-59(56)74(62(50)40-49)64-38-46(32-33-71-64)70(3,4)5;/h6-38,41,65-67,69H,1-5H3;/q-3;/i6D,7D,8D,16D,17D;. The van der Waals surface area contributed by atoms with Crippen molar-refractivity contribution in [2.75, 3.05) is 9.80 Å². The molecule has 0 fully saturated rings. The van der Waals surface area contributed by atoms with E-state index in [0.717, 1.165) is 38.9 Å². The van der Waals surface area contributed by atoms with Crippen molar-refractivity contribution in [1.29, 1.82) is 0 Å². The normalized spacial score (nSPS) is 18.5. The number of ether oxygens (including phenoxy) is 1. The Morgan fingerprint density at radius 3 is 1.93 bits per heavy atom. The molecule has 2 unspecified atom stereocenters. The molecule has 0 N–H and O–H groups in total. The van der Waals surface area contributed by atoms with Crippen LogP contribution in [-0.2, 0) is 26.5 Å². The van der Waals surface area contributed by atoms with Crippen LogP contribution in [0.1, 0.15) is 112 Å². The number of rotatable bonds is 6. The average Bonchev–Trinajstić information content (AvgIpc) is 2.33. The third-order valence-electron chi connectivity index (χ3n) is 16.3. The van der Waals surface area contributed by atoms with Crippen LogP contribution in [0.4, 0.5) is 22.7 Å². The van der Waals surface area contributed by atoms with Crippen molar-refractivity contribution in [2.24, 2.45) is 0 Å². The summed E-state index contributed by atoms with van der Waals surface area (Å²) in [5.41, 5.74) is 21.2. The molecular weight excluding hydrogens is 1110 g/mol. The van der Waals surface area contributed by atoms with Crippen LogP contribution in [0, 0.1) is 32.6 Å². The van der Waals surface area contributed by atoms with Gasteiger partial charge >= 0.3 is 0 Å². The van der Waals surface area contributed by atoms with E-state index in [4.69, 9.17) is 16.6 Å². The van der Waals surface area contributed by atoms with Crippen molar-refractivity contribution in [1.82, 2.24) is 9.55 Å². The van der Waals surface area contributed by atoms with E-state index in [1.165, 1.54) is 61.3 Å². The molecule has 0 amide bonds. The first kappa shape index (κ1) is 41.3. The van der Waals surface area contributed by atoms with Gasteiger partial charge in [-0.1, -0.05) is 159 Å². The van der Waals surface area contributed by atoms with Crippen LogP contribution >= 0.6 is 0 Å². The Balaban J connectivity index is 0.00000589. The Morgan fingerprint density at radius 2 is 1.20 bits per heavy atom. The Kier molecular flexibility index (Phi) is 9.53. The number of aromatic nitrogens is 2. The second-order valence-corrected chi connectivity index (χ2v) is 21.7. The van der Waals surface area contributed by atoms with Crippen LogP contribution in [-0.4, -0.2) is 9.55 Å². The smallest absolute Gasteiger partial charge is 0.135 e. The summed E-state index contributed by atoms with van der Waals surface area (Å²) in [6.45, 7) is 13.2. The van der Waals surface area contributed by atoms with Crippen molar-refractivity contribution < 1.29 is 32.7 Å². The molecule has 2 aromatic heterocycles. The first-order valence-corrected chi connectivity index (χ1v) is 25.9. The molecular formula is C70H53N4OPt-3. The number of aryl methyl sites for hydroxylation is 2. The fourth-order valence-corrected chi connectivity index (χ4v) is 13.1. The number of anilines is 4. The van der Waals surface area contributed by atoms with Gasteiger partial charge < -0.3 is 19.1 Å². The maximum atomic E-state index is 8.79. The number of hydrogen-bond donors (Lipinski definition) is 0. The molecule has 4 bridgehead atoms. The number of hydrogen-bond acceptors (Lipinski definition) is 4. The average molecular weight is 1170 g/mol. The van der Waals surface area contributed by atoms with Crippen molar-refractivity contribution in [3.8, 4) is 28.4 Å². The summed E-state index contributed by atoms with van der Waals surface area (Å²) in [7, 11) is 0. The first-order valence-electron chi connectivity index (χ1n) is 28.4. The summed E-state index contributed by atoms with van der Waals surface area (Å²) in [5, 5.41) is 1.65. The summed E-state index contributed by atoms with van der Waals surface area (Å²) < 4.78 is 51.5. The van der Waals surface area contributed by atoms with Gasteiger partial charge in [0.05, 0.1) is 6.85 Å². The second kappa shape index (κ2) is 17.5. The molecule has 1 aliphatic heterocycles. The minimum Gasteiger partial charge on any atom is -0.509 e. The van der Waals surface area contributed by atoms with Crippen LogP contribution < -0.4 is 14.5 Å². The van der Waals surface area contributed by atoms with E-state index < -0.39 is 6.04 Å². The maximum absolute atomic E-state index is 8.79. The Hall–Kier alpha value is -7.98. The predicted octanol–water partition coefficient (Wildman–Crippen LogP) is 17.4. The van der Waals surface area contributed by atoms with Gasteiger partial charge in [-0.25, -0.2) is 4.98 Å². The van der Waals surface area contributed by atoms with Crippen molar-refractivity contribution in [3.63, 3.8) is 0 Å². The third-order valence-corrected chi connectivity index (χ3v) is 16.3. The van der Waals surface area contributed by atoms with Crippen LogP contribution in [0.15, 0.2) is 200 Å². The molecule has 0 radical (unpaired) electrons. The molecule has 2 atom stereocenters. The Bertz CT molecular complexity index is 4390. The number of nitrogens with zero attached hydrogens (tertiary/aromatic N) is 4. The van der Waals surface area contributed by atoms with Gasteiger partial charge in [0.25, 0.3) is 0 Å². The summed E-state index contributed by atoms with van der Waals surface area (Å²) >= 11 is 0. The maximum Gasteiger partial charge on any atom is 0.135 e. The van der Waals surface area contributed by atoms with Crippen LogP contribution in [0.5, 0.6) is 11.5 Å². The summed E-state index contributed by atoms with van der Waals surface area (Å²) in [6.07, 6.45) is 1.83. The zero-order valence-corrected chi connectivity index (χ0v) is 44.8. The van der Waals surface area contributed by atoms with Crippen LogP contribution in [0.25, 0.3) is 38.8 Å². The van der Waals surface area contributed by atoms with Crippen molar-refractivity contribution >= 4 is 44.6 Å². The molecule has 11 aromatic rings. The largest absolute Gasteiger partial charge is 0.509 e. The van der Waals surface area contributed by atoms with E-state index in [-0.39, 0.29) is 79.9 Å². The van der Waals surface area contributed by atoms with Crippen LogP contribution in [0.2, 0.25) is 0 Å². The molecule has 0 saturated heterocycles. The SMILES string of the molecule is [2H]c1c([2H])c([2H])c(-c2ccc3c(c2)c2ccc(Oc4[c-]c(N5[CH-]N(c6cc(C)cc7c6C6c8cc(C)ccc8C7C7c8ccccc8C6c6ccccc67)c6ccccc65)ccc4)[c-]c2n3-c2cc(C(C)(C)C)ccn2)c([2H])c1[2H].[Pt]. The van der Waals surface area contributed by atoms with Crippen LogP contribution in [0.3, 0.4) is 0 Å². The van der Waals surface area contributed by atoms with Gasteiger partial charge in [0, 0.05) is 85.0 Å². The first-order chi connectivity index (χ1) is 38.7. The van der Waals surface area contributed by atoms with Gasteiger partial charge in [-0.2, -0.15) is 12.1 Å². The number of pyridine rings is 1. The predicted molar refractivity (Wildman–Crippen MR) is 305 cm³/mol. The molecule has 6 heteroatoms. The zero-order valence-electron chi connectivity index (χ0n) is 47.6. The molecule has 372 valence electrons. The summed E-state index contributed by atoms with van der Waals surface area (Å²) in [6, 6.07) is 64.4. The van der Waals surface area contributed by atoms with Gasteiger partial charge in [0.1, 0.15) is 5.82 Å². The minimum absolute atomic E-state index is 0. The molecule has 6 aliphatic carbocycles. The van der Waals surface area contributed by atoms with Crippen molar-refractivity contribution in [3.05, 3.63) is 280 Å². The third kappa shape index (κ3) is 7.12. The zero-order chi connectivity index (χ0) is 54.6. The van der Waals surface area contributed by atoms with E-state index in [2.05, 4.69) is 183 Å². The number of para-hydroxylation sites is 2. The van der Waals surface area contributed by atoms with Crippen molar-refractivity contribution in [2.45, 2.75) is 63.7 Å². The van der Waals surface area contributed by atoms with Gasteiger partial charge in [-0.3, -0.25) is 0 Å². The minimum atomic E-state index is -0.425. The van der Waals surface area contributed by atoms with E-state index >= 15 is 0 Å². The topological polar surface area (TPSA) is 33.5 Å².